The number of hydrogen-bond acceptors (Lipinski definition) is 4. The molecule has 0 bridgehead atoms. The summed E-state index contributed by atoms with van der Waals surface area (Å²) in [6.07, 6.45) is 2.55. The fraction of sp³-hybridized carbons (Fsp3) is 0.500. The zero-order valence-electron chi connectivity index (χ0n) is 11.3. The lowest BCUT2D eigenvalue weighted by Crippen LogP contribution is -2.50. The van der Waals surface area contributed by atoms with E-state index in [0.29, 0.717) is 11.4 Å². The number of carbonyl (C=O) groups is 1. The molecule has 1 saturated heterocycles. The molecule has 5 heteroatoms. The number of anilines is 1. The first-order valence-corrected chi connectivity index (χ1v) is 6.55. The van der Waals surface area contributed by atoms with Crippen molar-refractivity contribution in [3.63, 3.8) is 0 Å². The number of hydrogen-bond donors (Lipinski definition) is 3. The lowest BCUT2D eigenvalue weighted by molar-refractivity contribution is -0.122. The van der Waals surface area contributed by atoms with Gasteiger partial charge in [0.2, 0.25) is 5.91 Å². The molecule has 5 nitrogen and oxygen atoms in total. The summed E-state index contributed by atoms with van der Waals surface area (Å²) < 4.78 is 5.01. The largest absolute Gasteiger partial charge is 0.506 e. The van der Waals surface area contributed by atoms with Crippen molar-refractivity contribution in [1.29, 1.82) is 0 Å². The topological polar surface area (TPSA) is 70.6 Å². The van der Waals surface area contributed by atoms with E-state index in [2.05, 4.69) is 10.6 Å². The maximum absolute atomic E-state index is 12.4. The average Bonchev–Trinajstić information content (AvgIpc) is 2.91. The van der Waals surface area contributed by atoms with Crippen molar-refractivity contribution in [2.75, 3.05) is 19.0 Å². The van der Waals surface area contributed by atoms with Gasteiger partial charge in [0.25, 0.3) is 0 Å². The van der Waals surface area contributed by atoms with Gasteiger partial charge >= 0.3 is 0 Å². The second kappa shape index (κ2) is 5.48. The van der Waals surface area contributed by atoms with Crippen LogP contribution in [0.5, 0.6) is 11.5 Å². The van der Waals surface area contributed by atoms with Gasteiger partial charge < -0.3 is 20.5 Å². The molecular formula is C14H20N2O3. The average molecular weight is 264 g/mol. The van der Waals surface area contributed by atoms with E-state index in [1.807, 2.05) is 6.92 Å². The number of aromatic hydroxyl groups is 1. The summed E-state index contributed by atoms with van der Waals surface area (Å²) in [5.41, 5.74) is -0.0980. The lowest BCUT2D eigenvalue weighted by atomic mass is 9.93. The zero-order valence-corrected chi connectivity index (χ0v) is 11.3. The highest BCUT2D eigenvalue weighted by atomic mass is 16.5. The summed E-state index contributed by atoms with van der Waals surface area (Å²) in [5.74, 6) is 0.476. The summed E-state index contributed by atoms with van der Waals surface area (Å²) in [7, 11) is 1.53. The molecule has 19 heavy (non-hydrogen) atoms. The number of carbonyl (C=O) groups excluding carboxylic acids is 1. The molecule has 1 aliphatic heterocycles. The van der Waals surface area contributed by atoms with Crippen LogP contribution >= 0.6 is 0 Å². The number of methoxy groups -OCH3 is 1. The second-order valence-corrected chi connectivity index (χ2v) is 4.80. The van der Waals surface area contributed by atoms with Crippen LogP contribution in [0.1, 0.15) is 26.2 Å². The van der Waals surface area contributed by atoms with Crippen molar-refractivity contribution in [2.24, 2.45) is 0 Å². The number of ether oxygens (including phenoxy) is 1. The molecule has 2 rings (SSSR count). The third-order valence-corrected chi connectivity index (χ3v) is 3.74. The highest BCUT2D eigenvalue weighted by Crippen LogP contribution is 2.30. The lowest BCUT2D eigenvalue weighted by Gasteiger charge is -2.26. The van der Waals surface area contributed by atoms with Gasteiger partial charge in [0, 0.05) is 6.07 Å². The van der Waals surface area contributed by atoms with Crippen LogP contribution in [-0.4, -0.2) is 30.2 Å². The number of phenolic OH excluding ortho intramolecular Hbond substituents is 1. The van der Waals surface area contributed by atoms with Gasteiger partial charge in [-0.25, -0.2) is 0 Å². The minimum Gasteiger partial charge on any atom is -0.506 e. The number of benzene rings is 1. The van der Waals surface area contributed by atoms with Crippen LogP contribution in [-0.2, 0) is 4.79 Å². The quantitative estimate of drug-likeness (QED) is 0.726. The summed E-state index contributed by atoms with van der Waals surface area (Å²) >= 11 is 0. The van der Waals surface area contributed by atoms with Crippen molar-refractivity contribution in [3.8, 4) is 11.5 Å². The van der Waals surface area contributed by atoms with Crippen LogP contribution in [0.25, 0.3) is 0 Å². The van der Waals surface area contributed by atoms with E-state index in [4.69, 9.17) is 4.74 Å². The van der Waals surface area contributed by atoms with Gasteiger partial charge in [-0.05, 0) is 37.9 Å². The van der Waals surface area contributed by atoms with Crippen LogP contribution in [0.4, 0.5) is 5.69 Å². The van der Waals surface area contributed by atoms with Crippen molar-refractivity contribution >= 4 is 11.6 Å². The van der Waals surface area contributed by atoms with Gasteiger partial charge in [0.1, 0.15) is 11.5 Å². The summed E-state index contributed by atoms with van der Waals surface area (Å²) in [6.45, 7) is 2.85. The van der Waals surface area contributed by atoms with Crippen molar-refractivity contribution < 1.29 is 14.6 Å². The van der Waals surface area contributed by atoms with Crippen LogP contribution in [0, 0.1) is 0 Å². The first kappa shape index (κ1) is 13.7. The molecule has 1 fully saturated rings. The highest BCUT2D eigenvalue weighted by Gasteiger charge is 2.39. The van der Waals surface area contributed by atoms with E-state index in [1.165, 1.54) is 13.2 Å². The summed E-state index contributed by atoms with van der Waals surface area (Å²) in [4.78, 5) is 12.4. The molecule has 1 atom stereocenters. The Kier molecular flexibility index (Phi) is 3.95. The van der Waals surface area contributed by atoms with Gasteiger partial charge in [-0.1, -0.05) is 6.92 Å². The minimum absolute atomic E-state index is 0.0111. The molecule has 1 aromatic rings. The Hall–Kier alpha value is -1.75. The standard InChI is InChI=1S/C14H20N2O3/c1-3-14(7-4-8-15-14)13(18)16-11-6-5-10(19-2)9-12(11)17/h5-6,9,15,17H,3-4,7-8H2,1-2H3,(H,16,18). The Morgan fingerprint density at radius 2 is 2.37 bits per heavy atom. The molecule has 1 unspecified atom stereocenters. The smallest absolute Gasteiger partial charge is 0.244 e. The van der Waals surface area contributed by atoms with Gasteiger partial charge in [-0.3, -0.25) is 4.79 Å². The summed E-state index contributed by atoms with van der Waals surface area (Å²) in [6, 6.07) is 4.83. The normalized spacial score (nSPS) is 22.2. The molecule has 104 valence electrons. The number of nitrogens with one attached hydrogen (secondary N) is 2. The van der Waals surface area contributed by atoms with Crippen LogP contribution < -0.4 is 15.4 Å². The van der Waals surface area contributed by atoms with Crippen molar-refractivity contribution in [1.82, 2.24) is 5.32 Å². The fourth-order valence-electron chi connectivity index (χ4n) is 2.45. The third-order valence-electron chi connectivity index (χ3n) is 3.74. The first-order chi connectivity index (χ1) is 9.11. The molecule has 0 saturated carbocycles. The maximum atomic E-state index is 12.4. The zero-order chi connectivity index (χ0) is 13.9. The SMILES string of the molecule is CCC1(C(=O)Nc2ccc(OC)cc2O)CCCN1. The van der Waals surface area contributed by atoms with E-state index >= 15 is 0 Å². The minimum atomic E-state index is -0.508. The number of rotatable bonds is 4. The molecule has 0 aliphatic carbocycles. The molecule has 3 N–H and O–H groups in total. The Morgan fingerprint density at radius 1 is 1.58 bits per heavy atom. The maximum Gasteiger partial charge on any atom is 0.244 e. The molecule has 0 spiro atoms. The highest BCUT2D eigenvalue weighted by molar-refractivity contribution is 5.99. The molecule has 1 heterocycles. The van der Waals surface area contributed by atoms with E-state index in [1.54, 1.807) is 12.1 Å². The van der Waals surface area contributed by atoms with E-state index in [9.17, 15) is 9.90 Å². The van der Waals surface area contributed by atoms with E-state index in [0.717, 1.165) is 25.8 Å². The summed E-state index contributed by atoms with van der Waals surface area (Å²) in [5, 5.41) is 15.9. The molecule has 1 aromatic carbocycles. The second-order valence-electron chi connectivity index (χ2n) is 4.80. The molecular weight excluding hydrogens is 244 g/mol. The molecule has 0 aromatic heterocycles. The number of amides is 1. The number of phenols is 1. The van der Waals surface area contributed by atoms with Gasteiger partial charge in [-0.15, -0.1) is 0 Å². The Bertz CT molecular complexity index is 468. The Balaban J connectivity index is 2.14. The monoisotopic (exact) mass is 264 g/mol. The predicted molar refractivity (Wildman–Crippen MR) is 73.5 cm³/mol. The van der Waals surface area contributed by atoms with Crippen LogP contribution in [0.15, 0.2) is 18.2 Å². The molecule has 0 radical (unpaired) electrons. The van der Waals surface area contributed by atoms with Crippen molar-refractivity contribution in [2.45, 2.75) is 31.7 Å². The van der Waals surface area contributed by atoms with E-state index in [-0.39, 0.29) is 11.7 Å². The fourth-order valence-corrected chi connectivity index (χ4v) is 2.45. The third kappa shape index (κ3) is 2.66. The van der Waals surface area contributed by atoms with Gasteiger partial charge in [0.15, 0.2) is 0 Å². The first-order valence-electron chi connectivity index (χ1n) is 6.55. The van der Waals surface area contributed by atoms with Crippen LogP contribution in [0.3, 0.4) is 0 Å². The predicted octanol–water partition coefficient (Wildman–Crippen LogP) is 1.87. The van der Waals surface area contributed by atoms with Crippen LogP contribution in [0.2, 0.25) is 0 Å². The van der Waals surface area contributed by atoms with Gasteiger partial charge in [-0.2, -0.15) is 0 Å². The Morgan fingerprint density at radius 3 is 2.89 bits per heavy atom. The Labute approximate surface area is 113 Å². The molecule has 1 amide bonds. The van der Waals surface area contributed by atoms with Crippen molar-refractivity contribution in [3.05, 3.63) is 18.2 Å². The van der Waals surface area contributed by atoms with E-state index < -0.39 is 5.54 Å². The van der Waals surface area contributed by atoms with Gasteiger partial charge in [0.05, 0.1) is 18.3 Å². The molecule has 1 aliphatic rings.